The molecule has 102 valence electrons. The first-order valence-corrected chi connectivity index (χ1v) is 6.69. The minimum Gasteiger partial charge on any atom is -0.271 e. The molecule has 5 nitrogen and oxygen atoms in total. The fourth-order valence-electron chi connectivity index (χ4n) is 1.98. The molecule has 0 spiro atoms. The topological polar surface area (TPSA) is 68.8 Å². The van der Waals surface area contributed by atoms with Gasteiger partial charge >= 0.3 is 0 Å². The van der Waals surface area contributed by atoms with Crippen molar-refractivity contribution in [1.29, 1.82) is 0 Å². The quantitative estimate of drug-likeness (QED) is 0.657. The number of aromatic nitrogens is 3. The summed E-state index contributed by atoms with van der Waals surface area (Å²) in [6.07, 6.45) is 2.09. The van der Waals surface area contributed by atoms with Crippen molar-refractivity contribution < 1.29 is 0 Å². The predicted molar refractivity (Wildman–Crippen MR) is 75.9 cm³/mol. The molecule has 2 aromatic rings. The van der Waals surface area contributed by atoms with E-state index in [0.29, 0.717) is 16.5 Å². The molecular weight excluding hydrogens is 285 g/mol. The third-order valence-electron chi connectivity index (χ3n) is 2.93. The zero-order valence-corrected chi connectivity index (χ0v) is 12.0. The molecule has 1 aromatic carbocycles. The van der Waals surface area contributed by atoms with Crippen LogP contribution in [0.25, 0.3) is 0 Å². The first kappa shape index (κ1) is 14.3. The summed E-state index contributed by atoms with van der Waals surface area (Å²) in [5, 5.41) is 5.29. The van der Waals surface area contributed by atoms with Gasteiger partial charge in [-0.2, -0.15) is 5.10 Å². The van der Waals surface area contributed by atoms with E-state index in [9.17, 15) is 0 Å². The van der Waals surface area contributed by atoms with Gasteiger partial charge in [-0.3, -0.25) is 16.0 Å². The normalized spacial score (nSPS) is 12.6. The molecule has 1 aromatic heterocycles. The molecule has 0 amide bonds. The van der Waals surface area contributed by atoms with E-state index in [0.717, 1.165) is 17.9 Å². The first-order chi connectivity index (χ1) is 9.17. The van der Waals surface area contributed by atoms with E-state index in [1.165, 1.54) is 6.33 Å². The Kier molecular flexibility index (Phi) is 4.76. The van der Waals surface area contributed by atoms with Crippen molar-refractivity contribution in [3.63, 3.8) is 0 Å². The smallest absolute Gasteiger partial charge is 0.138 e. The second kappa shape index (κ2) is 6.34. The molecule has 19 heavy (non-hydrogen) atoms. The van der Waals surface area contributed by atoms with E-state index >= 15 is 0 Å². The van der Waals surface area contributed by atoms with E-state index in [1.54, 1.807) is 18.2 Å². The van der Waals surface area contributed by atoms with Gasteiger partial charge in [0, 0.05) is 28.6 Å². The lowest BCUT2D eigenvalue weighted by atomic mass is 10.0. The van der Waals surface area contributed by atoms with Crippen molar-refractivity contribution in [1.82, 2.24) is 20.2 Å². The molecule has 0 aliphatic rings. The third kappa shape index (κ3) is 3.06. The lowest BCUT2D eigenvalue weighted by Crippen LogP contribution is -2.31. The standard InChI is InChI=1S/C12H15Cl2N5/c1-2-19-11(16-7-17-19)6-10(18-15)12-8(13)4-3-5-9(12)14/h3-5,7,10,18H,2,6,15H2,1H3. The molecule has 1 atom stereocenters. The summed E-state index contributed by atoms with van der Waals surface area (Å²) in [7, 11) is 0. The molecule has 1 heterocycles. The number of aryl methyl sites for hydroxylation is 1. The monoisotopic (exact) mass is 299 g/mol. The van der Waals surface area contributed by atoms with Gasteiger partial charge in [0.15, 0.2) is 0 Å². The van der Waals surface area contributed by atoms with Gasteiger partial charge in [-0.1, -0.05) is 29.3 Å². The van der Waals surface area contributed by atoms with Crippen LogP contribution in [0.5, 0.6) is 0 Å². The molecule has 0 radical (unpaired) electrons. The van der Waals surface area contributed by atoms with Gasteiger partial charge in [-0.15, -0.1) is 0 Å². The number of hydrazine groups is 1. The zero-order valence-electron chi connectivity index (χ0n) is 10.5. The number of rotatable bonds is 5. The molecule has 3 N–H and O–H groups in total. The Hall–Kier alpha value is -1.14. The van der Waals surface area contributed by atoms with E-state index < -0.39 is 0 Å². The average molecular weight is 300 g/mol. The van der Waals surface area contributed by atoms with Gasteiger partial charge in [0.05, 0.1) is 6.04 Å². The maximum absolute atomic E-state index is 6.19. The summed E-state index contributed by atoms with van der Waals surface area (Å²) in [6.45, 7) is 2.76. The highest BCUT2D eigenvalue weighted by atomic mass is 35.5. The molecule has 0 aliphatic carbocycles. The molecule has 2 rings (SSSR count). The maximum atomic E-state index is 6.19. The molecule has 0 bridgehead atoms. The molecule has 0 saturated carbocycles. The van der Waals surface area contributed by atoms with Gasteiger partial charge in [0.2, 0.25) is 0 Å². The molecule has 7 heteroatoms. The number of hydrogen-bond donors (Lipinski definition) is 2. The van der Waals surface area contributed by atoms with Crippen LogP contribution in [0.3, 0.4) is 0 Å². The van der Waals surface area contributed by atoms with Crippen molar-refractivity contribution in [3.8, 4) is 0 Å². The van der Waals surface area contributed by atoms with Gasteiger partial charge < -0.3 is 0 Å². The predicted octanol–water partition coefficient (Wildman–Crippen LogP) is 2.35. The van der Waals surface area contributed by atoms with Gasteiger partial charge in [-0.25, -0.2) is 4.98 Å². The van der Waals surface area contributed by atoms with Crippen molar-refractivity contribution >= 4 is 23.2 Å². The minimum atomic E-state index is -0.212. The highest BCUT2D eigenvalue weighted by Gasteiger charge is 2.19. The highest BCUT2D eigenvalue weighted by molar-refractivity contribution is 6.36. The Morgan fingerprint density at radius 2 is 2.05 bits per heavy atom. The first-order valence-electron chi connectivity index (χ1n) is 5.94. The number of hydrogen-bond acceptors (Lipinski definition) is 4. The lowest BCUT2D eigenvalue weighted by Gasteiger charge is -2.18. The van der Waals surface area contributed by atoms with Gasteiger partial charge in [0.25, 0.3) is 0 Å². The van der Waals surface area contributed by atoms with E-state index in [2.05, 4.69) is 15.5 Å². The summed E-state index contributed by atoms with van der Waals surface area (Å²) in [4.78, 5) is 4.23. The van der Waals surface area contributed by atoms with Crippen LogP contribution in [0.4, 0.5) is 0 Å². The van der Waals surface area contributed by atoms with Gasteiger partial charge in [0.1, 0.15) is 12.2 Å². The van der Waals surface area contributed by atoms with Crippen LogP contribution in [0.15, 0.2) is 24.5 Å². The second-order valence-corrected chi connectivity index (χ2v) is 4.87. The largest absolute Gasteiger partial charge is 0.271 e. The Labute approximate surface area is 121 Å². The second-order valence-electron chi connectivity index (χ2n) is 4.05. The highest BCUT2D eigenvalue weighted by Crippen LogP contribution is 2.31. The average Bonchev–Trinajstić information content (AvgIpc) is 2.84. The fraction of sp³-hybridized carbons (Fsp3) is 0.333. The number of halogens is 2. The molecule has 0 saturated heterocycles. The summed E-state index contributed by atoms with van der Waals surface area (Å²) >= 11 is 12.4. The number of benzene rings is 1. The van der Waals surface area contributed by atoms with Crippen LogP contribution in [-0.2, 0) is 13.0 Å². The number of nitrogens with one attached hydrogen (secondary N) is 1. The van der Waals surface area contributed by atoms with Crippen LogP contribution in [-0.4, -0.2) is 14.8 Å². The Morgan fingerprint density at radius 3 is 2.63 bits per heavy atom. The zero-order chi connectivity index (χ0) is 13.8. The van der Waals surface area contributed by atoms with Crippen LogP contribution in [0.2, 0.25) is 10.0 Å². The van der Waals surface area contributed by atoms with E-state index in [1.807, 2.05) is 11.6 Å². The minimum absolute atomic E-state index is 0.212. The SMILES string of the molecule is CCn1ncnc1CC(NN)c1c(Cl)cccc1Cl. The Morgan fingerprint density at radius 1 is 1.37 bits per heavy atom. The molecule has 0 fully saturated rings. The maximum Gasteiger partial charge on any atom is 0.138 e. The summed E-state index contributed by atoms with van der Waals surface area (Å²) in [5.74, 6) is 6.46. The van der Waals surface area contributed by atoms with Crippen LogP contribution < -0.4 is 11.3 Å². The van der Waals surface area contributed by atoms with Gasteiger partial charge in [-0.05, 0) is 19.1 Å². The molecule has 0 aliphatic heterocycles. The van der Waals surface area contributed by atoms with Crippen LogP contribution in [0, 0.1) is 0 Å². The Bertz CT molecular complexity index is 535. The lowest BCUT2D eigenvalue weighted by molar-refractivity contribution is 0.510. The van der Waals surface area contributed by atoms with Crippen molar-refractivity contribution in [2.24, 2.45) is 5.84 Å². The van der Waals surface area contributed by atoms with Crippen molar-refractivity contribution in [3.05, 3.63) is 46.0 Å². The van der Waals surface area contributed by atoms with Crippen LogP contribution in [0.1, 0.15) is 24.4 Å². The van der Waals surface area contributed by atoms with E-state index in [-0.39, 0.29) is 6.04 Å². The Balaban J connectivity index is 2.30. The third-order valence-corrected chi connectivity index (χ3v) is 3.59. The van der Waals surface area contributed by atoms with E-state index in [4.69, 9.17) is 29.0 Å². The molecule has 1 unspecified atom stereocenters. The van der Waals surface area contributed by atoms with Crippen molar-refractivity contribution in [2.45, 2.75) is 25.9 Å². The fourth-order valence-corrected chi connectivity index (χ4v) is 2.64. The summed E-state index contributed by atoms with van der Waals surface area (Å²) in [6, 6.07) is 5.17. The summed E-state index contributed by atoms with van der Waals surface area (Å²) < 4.78 is 1.81. The molecular formula is C12H15Cl2N5. The number of nitrogens with two attached hydrogens (primary N) is 1. The summed E-state index contributed by atoms with van der Waals surface area (Å²) in [5.41, 5.74) is 3.52. The van der Waals surface area contributed by atoms with Crippen molar-refractivity contribution in [2.75, 3.05) is 0 Å². The van der Waals surface area contributed by atoms with Crippen LogP contribution >= 0.6 is 23.2 Å². The number of nitrogens with zero attached hydrogens (tertiary/aromatic N) is 3.